The Kier molecular flexibility index (Phi) is 6.84. The van der Waals surface area contributed by atoms with Crippen LogP contribution >= 0.6 is 0 Å². The van der Waals surface area contributed by atoms with Crippen molar-refractivity contribution in [3.8, 4) is 0 Å². The average Bonchev–Trinajstić information content (AvgIpc) is 2.88. The largest absolute Gasteiger partial charge is 0.449 e. The molecule has 0 aromatic heterocycles. The number of hydrogen-bond donors (Lipinski definition) is 1. The van der Waals surface area contributed by atoms with Crippen LogP contribution in [0.3, 0.4) is 0 Å². The molecule has 0 saturated carbocycles. The summed E-state index contributed by atoms with van der Waals surface area (Å²) in [4.78, 5) is 25.1. The number of nitrogens with one attached hydrogen (secondary N) is 1. The first-order valence-electron chi connectivity index (χ1n) is 10.9. The van der Waals surface area contributed by atoms with Crippen LogP contribution < -0.4 is 9.62 Å². The second-order valence-electron chi connectivity index (χ2n) is 7.93. The molecule has 0 bridgehead atoms. The van der Waals surface area contributed by atoms with Crippen LogP contribution in [0.4, 0.5) is 11.4 Å². The number of para-hydroxylation sites is 1. The van der Waals surface area contributed by atoms with E-state index < -0.39 is 28.0 Å². The van der Waals surface area contributed by atoms with Gasteiger partial charge in [-0.1, -0.05) is 48.5 Å². The number of ether oxygens (including phenoxy) is 1. The molecule has 1 amide bonds. The molecule has 0 fully saturated rings. The van der Waals surface area contributed by atoms with Gasteiger partial charge in [0.2, 0.25) is 0 Å². The van der Waals surface area contributed by atoms with Gasteiger partial charge in [0.25, 0.3) is 15.9 Å². The molecule has 0 saturated heterocycles. The van der Waals surface area contributed by atoms with Crippen LogP contribution in [-0.4, -0.2) is 33.4 Å². The maximum atomic E-state index is 12.9. The van der Waals surface area contributed by atoms with Crippen LogP contribution in [0.5, 0.6) is 0 Å². The molecule has 0 unspecified atom stereocenters. The molecule has 8 heteroatoms. The summed E-state index contributed by atoms with van der Waals surface area (Å²) in [5.74, 6) is -1.20. The summed E-state index contributed by atoms with van der Waals surface area (Å²) in [6, 6.07) is 27.3. The molecule has 4 aromatic rings. The number of hydrogen-bond acceptors (Lipinski definition) is 5. The Morgan fingerprint density at radius 2 is 1.46 bits per heavy atom. The smallest absolute Gasteiger partial charge is 0.338 e. The van der Waals surface area contributed by atoms with Gasteiger partial charge in [-0.05, 0) is 66.2 Å². The molecule has 35 heavy (non-hydrogen) atoms. The van der Waals surface area contributed by atoms with E-state index in [2.05, 4.69) is 5.32 Å². The van der Waals surface area contributed by atoms with E-state index in [1.54, 1.807) is 36.4 Å². The number of nitrogens with zero attached hydrogens (tertiary/aromatic N) is 1. The van der Waals surface area contributed by atoms with E-state index in [0.29, 0.717) is 11.4 Å². The van der Waals surface area contributed by atoms with E-state index >= 15 is 0 Å². The predicted molar refractivity (Wildman–Crippen MR) is 136 cm³/mol. The standard InChI is InChI=1S/C27H24N2O5S/c1-19(26(30)28-23-15-12-20-8-6-7-9-22(20)18-23)34-27(31)21-13-16-25(17-14-21)35(32,33)29(2)24-10-4-3-5-11-24/h3-19H,1-2H3,(H,28,30)/t19-/m0/s1. The average molecular weight is 489 g/mol. The van der Waals surface area contributed by atoms with Crippen molar-refractivity contribution in [3.63, 3.8) is 0 Å². The van der Waals surface area contributed by atoms with Gasteiger partial charge in [-0.3, -0.25) is 9.10 Å². The molecule has 0 aliphatic rings. The fourth-order valence-corrected chi connectivity index (χ4v) is 4.69. The molecule has 1 atom stereocenters. The summed E-state index contributed by atoms with van der Waals surface area (Å²) in [5.41, 5.74) is 1.24. The Morgan fingerprint density at radius 1 is 0.829 bits per heavy atom. The third kappa shape index (κ3) is 5.33. The molecule has 0 aliphatic heterocycles. The van der Waals surface area contributed by atoms with E-state index in [0.717, 1.165) is 10.8 Å². The van der Waals surface area contributed by atoms with Crippen molar-refractivity contribution in [1.29, 1.82) is 0 Å². The highest BCUT2D eigenvalue weighted by molar-refractivity contribution is 7.92. The minimum absolute atomic E-state index is 0.0301. The quantitative estimate of drug-likeness (QED) is 0.376. The molecule has 4 aromatic carbocycles. The van der Waals surface area contributed by atoms with Gasteiger partial charge in [0.1, 0.15) is 0 Å². The molecule has 4 rings (SSSR count). The molecule has 0 heterocycles. The second kappa shape index (κ2) is 9.99. The van der Waals surface area contributed by atoms with Gasteiger partial charge in [-0.15, -0.1) is 0 Å². The Labute approximate surface area is 204 Å². The third-order valence-electron chi connectivity index (χ3n) is 5.54. The van der Waals surface area contributed by atoms with Crippen LogP contribution in [0.2, 0.25) is 0 Å². The number of benzene rings is 4. The highest BCUT2D eigenvalue weighted by atomic mass is 32.2. The number of amides is 1. The zero-order valence-corrected chi connectivity index (χ0v) is 20.0. The van der Waals surface area contributed by atoms with E-state index in [9.17, 15) is 18.0 Å². The molecular weight excluding hydrogens is 464 g/mol. The van der Waals surface area contributed by atoms with E-state index in [-0.39, 0.29) is 10.5 Å². The highest BCUT2D eigenvalue weighted by Gasteiger charge is 2.23. The zero-order valence-electron chi connectivity index (χ0n) is 19.2. The predicted octanol–water partition coefficient (Wildman–Crippen LogP) is 4.85. The van der Waals surface area contributed by atoms with Crippen molar-refractivity contribution < 1.29 is 22.7 Å². The maximum absolute atomic E-state index is 12.9. The molecule has 1 N–H and O–H groups in total. The fraction of sp³-hybridized carbons (Fsp3) is 0.111. The van der Waals surface area contributed by atoms with Gasteiger partial charge in [-0.25, -0.2) is 13.2 Å². The Morgan fingerprint density at radius 3 is 2.14 bits per heavy atom. The number of carbonyl (C=O) groups excluding carboxylic acids is 2. The van der Waals surface area contributed by atoms with Crippen molar-refractivity contribution in [1.82, 2.24) is 0 Å². The number of esters is 1. The SMILES string of the molecule is C[C@H](OC(=O)c1ccc(S(=O)(=O)N(C)c2ccccc2)cc1)C(=O)Nc1ccc2ccccc2c1. The minimum Gasteiger partial charge on any atom is -0.449 e. The normalized spacial score (nSPS) is 12.1. The maximum Gasteiger partial charge on any atom is 0.338 e. The first-order chi connectivity index (χ1) is 16.8. The van der Waals surface area contributed by atoms with Gasteiger partial charge in [-0.2, -0.15) is 0 Å². The van der Waals surface area contributed by atoms with Crippen LogP contribution in [0.1, 0.15) is 17.3 Å². The molecule has 178 valence electrons. The molecule has 0 radical (unpaired) electrons. The lowest BCUT2D eigenvalue weighted by molar-refractivity contribution is -0.123. The van der Waals surface area contributed by atoms with Crippen LogP contribution in [0, 0.1) is 0 Å². The summed E-state index contributed by atoms with van der Waals surface area (Å²) < 4.78 is 32.2. The van der Waals surface area contributed by atoms with E-state index in [1.165, 1.54) is 42.5 Å². The first-order valence-corrected chi connectivity index (χ1v) is 12.3. The Balaban J connectivity index is 1.40. The lowest BCUT2D eigenvalue weighted by Crippen LogP contribution is -2.30. The summed E-state index contributed by atoms with van der Waals surface area (Å²) in [7, 11) is -2.34. The summed E-state index contributed by atoms with van der Waals surface area (Å²) in [5, 5.41) is 4.77. The number of rotatable bonds is 7. The van der Waals surface area contributed by atoms with Crippen LogP contribution in [0.25, 0.3) is 10.8 Å². The number of carbonyl (C=O) groups is 2. The van der Waals surface area contributed by atoms with E-state index in [4.69, 9.17) is 4.74 Å². The summed E-state index contributed by atoms with van der Waals surface area (Å²) in [6.45, 7) is 1.47. The number of fused-ring (bicyclic) bond motifs is 1. The summed E-state index contributed by atoms with van der Waals surface area (Å²) in [6.07, 6.45) is -1.05. The van der Waals surface area contributed by atoms with E-state index in [1.807, 2.05) is 36.4 Å². The first kappa shape index (κ1) is 24.0. The van der Waals surface area contributed by atoms with Crippen molar-refractivity contribution in [2.24, 2.45) is 0 Å². The van der Waals surface area contributed by atoms with Crippen molar-refractivity contribution in [2.45, 2.75) is 17.9 Å². The highest BCUT2D eigenvalue weighted by Crippen LogP contribution is 2.22. The Hall–Kier alpha value is -4.17. The van der Waals surface area contributed by atoms with Crippen LogP contribution in [-0.2, 0) is 19.6 Å². The number of sulfonamides is 1. The fourth-order valence-electron chi connectivity index (χ4n) is 3.49. The summed E-state index contributed by atoms with van der Waals surface area (Å²) >= 11 is 0. The zero-order chi connectivity index (χ0) is 25.0. The van der Waals surface area contributed by atoms with Crippen molar-refractivity contribution in [3.05, 3.63) is 103 Å². The Bertz CT molecular complexity index is 1470. The topological polar surface area (TPSA) is 92.8 Å². The number of anilines is 2. The van der Waals surface area contributed by atoms with Gasteiger partial charge in [0.15, 0.2) is 6.10 Å². The molecular formula is C27H24N2O5S. The molecule has 0 spiro atoms. The lowest BCUT2D eigenvalue weighted by atomic mass is 10.1. The molecule has 7 nitrogen and oxygen atoms in total. The third-order valence-corrected chi connectivity index (χ3v) is 7.34. The monoisotopic (exact) mass is 488 g/mol. The minimum atomic E-state index is -3.80. The van der Waals surface area contributed by atoms with Crippen LogP contribution in [0.15, 0.2) is 102 Å². The van der Waals surface area contributed by atoms with Crippen molar-refractivity contribution >= 4 is 44.0 Å². The van der Waals surface area contributed by atoms with Gasteiger partial charge in [0, 0.05) is 12.7 Å². The van der Waals surface area contributed by atoms with Crippen molar-refractivity contribution in [2.75, 3.05) is 16.7 Å². The van der Waals surface area contributed by atoms with Gasteiger partial charge in [0.05, 0.1) is 16.1 Å². The molecule has 0 aliphatic carbocycles. The van der Waals surface area contributed by atoms with Gasteiger partial charge >= 0.3 is 5.97 Å². The lowest BCUT2D eigenvalue weighted by Gasteiger charge is -2.19. The van der Waals surface area contributed by atoms with Gasteiger partial charge < -0.3 is 10.1 Å². The second-order valence-corrected chi connectivity index (χ2v) is 9.90.